The van der Waals surface area contributed by atoms with Crippen molar-refractivity contribution in [2.45, 2.75) is 26.4 Å². The maximum absolute atomic E-state index is 12.0. The number of nitrogens with zero attached hydrogens (tertiary/aromatic N) is 1. The number of esters is 1. The fraction of sp³-hybridized carbons (Fsp3) is 0.500. The monoisotopic (exact) mass is 277 g/mol. The van der Waals surface area contributed by atoms with Crippen LogP contribution in [0.3, 0.4) is 0 Å². The highest BCUT2D eigenvalue weighted by atomic mass is 19.4. The SMILES string of the molecule is CCOC(=O)c1cc(C)c(OCCC(F)(F)F)cn1. The largest absolute Gasteiger partial charge is 0.491 e. The minimum atomic E-state index is -4.26. The molecule has 0 N–H and O–H groups in total. The Labute approximate surface area is 108 Å². The van der Waals surface area contributed by atoms with Crippen LogP contribution in [-0.2, 0) is 4.74 Å². The molecule has 0 aliphatic carbocycles. The molecule has 1 aromatic rings. The highest BCUT2D eigenvalue weighted by Gasteiger charge is 2.27. The fourth-order valence-corrected chi connectivity index (χ4v) is 1.29. The third-order valence-electron chi connectivity index (χ3n) is 2.19. The topological polar surface area (TPSA) is 48.4 Å². The van der Waals surface area contributed by atoms with Crippen molar-refractivity contribution in [3.63, 3.8) is 0 Å². The number of rotatable bonds is 5. The summed E-state index contributed by atoms with van der Waals surface area (Å²) in [5, 5.41) is 0. The van der Waals surface area contributed by atoms with Gasteiger partial charge in [0.2, 0.25) is 0 Å². The zero-order valence-corrected chi connectivity index (χ0v) is 10.6. The van der Waals surface area contributed by atoms with Crippen molar-refractivity contribution in [2.24, 2.45) is 0 Å². The summed E-state index contributed by atoms with van der Waals surface area (Å²) in [6, 6.07) is 1.42. The van der Waals surface area contributed by atoms with E-state index in [0.717, 1.165) is 0 Å². The van der Waals surface area contributed by atoms with E-state index >= 15 is 0 Å². The predicted molar refractivity (Wildman–Crippen MR) is 61.1 cm³/mol. The maximum atomic E-state index is 12.0. The molecule has 0 aliphatic heterocycles. The van der Waals surface area contributed by atoms with Crippen LogP contribution in [0.4, 0.5) is 13.2 Å². The Hall–Kier alpha value is -1.79. The molecule has 0 spiro atoms. The van der Waals surface area contributed by atoms with Gasteiger partial charge in [0.1, 0.15) is 11.4 Å². The van der Waals surface area contributed by atoms with E-state index in [4.69, 9.17) is 9.47 Å². The van der Waals surface area contributed by atoms with Crippen LogP contribution < -0.4 is 4.74 Å². The minimum absolute atomic E-state index is 0.0996. The highest BCUT2D eigenvalue weighted by Crippen LogP contribution is 2.22. The van der Waals surface area contributed by atoms with E-state index in [9.17, 15) is 18.0 Å². The summed E-state index contributed by atoms with van der Waals surface area (Å²) in [4.78, 5) is 15.2. The maximum Gasteiger partial charge on any atom is 0.392 e. The number of hydrogen-bond donors (Lipinski definition) is 0. The van der Waals surface area contributed by atoms with E-state index in [1.54, 1.807) is 13.8 Å². The van der Waals surface area contributed by atoms with E-state index < -0.39 is 25.2 Å². The number of carbonyl (C=O) groups is 1. The fourth-order valence-electron chi connectivity index (χ4n) is 1.29. The molecule has 0 bridgehead atoms. The van der Waals surface area contributed by atoms with E-state index in [2.05, 4.69) is 4.98 Å². The number of aromatic nitrogens is 1. The zero-order chi connectivity index (χ0) is 14.5. The van der Waals surface area contributed by atoms with Crippen LogP contribution in [0.2, 0.25) is 0 Å². The Morgan fingerprint density at radius 3 is 2.63 bits per heavy atom. The Morgan fingerprint density at radius 1 is 1.42 bits per heavy atom. The third kappa shape index (κ3) is 5.15. The summed E-state index contributed by atoms with van der Waals surface area (Å²) >= 11 is 0. The molecule has 0 fully saturated rings. The molecule has 0 amide bonds. The van der Waals surface area contributed by atoms with Crippen molar-refractivity contribution in [3.05, 3.63) is 23.5 Å². The van der Waals surface area contributed by atoms with E-state index in [1.807, 2.05) is 0 Å². The minimum Gasteiger partial charge on any atom is -0.491 e. The quantitative estimate of drug-likeness (QED) is 0.776. The summed E-state index contributed by atoms with van der Waals surface area (Å²) < 4.78 is 45.6. The van der Waals surface area contributed by atoms with Gasteiger partial charge in [-0.2, -0.15) is 13.2 Å². The second kappa shape index (κ2) is 6.40. The molecule has 1 rings (SSSR count). The van der Waals surface area contributed by atoms with Crippen LogP contribution in [-0.4, -0.2) is 30.3 Å². The molecule has 0 aromatic carbocycles. The van der Waals surface area contributed by atoms with Crippen molar-refractivity contribution in [1.82, 2.24) is 4.98 Å². The van der Waals surface area contributed by atoms with Gasteiger partial charge in [0, 0.05) is 0 Å². The van der Waals surface area contributed by atoms with Crippen molar-refractivity contribution in [2.75, 3.05) is 13.2 Å². The Balaban J connectivity index is 2.65. The first kappa shape index (κ1) is 15.3. The first-order chi connectivity index (χ1) is 8.83. The predicted octanol–water partition coefficient (Wildman–Crippen LogP) is 2.90. The van der Waals surface area contributed by atoms with Crippen molar-refractivity contribution in [1.29, 1.82) is 0 Å². The lowest BCUT2D eigenvalue weighted by Crippen LogP contribution is -2.14. The van der Waals surface area contributed by atoms with Crippen molar-refractivity contribution < 1.29 is 27.4 Å². The van der Waals surface area contributed by atoms with E-state index in [1.165, 1.54) is 12.3 Å². The van der Waals surface area contributed by atoms with Gasteiger partial charge in [0.05, 0.1) is 25.8 Å². The van der Waals surface area contributed by atoms with Crippen LogP contribution in [0.25, 0.3) is 0 Å². The molecular weight excluding hydrogens is 263 g/mol. The summed E-state index contributed by atoms with van der Waals surface area (Å²) in [5.41, 5.74) is 0.628. The van der Waals surface area contributed by atoms with Crippen molar-refractivity contribution >= 4 is 5.97 Å². The van der Waals surface area contributed by atoms with Crippen molar-refractivity contribution in [3.8, 4) is 5.75 Å². The average molecular weight is 277 g/mol. The number of ether oxygens (including phenoxy) is 2. The molecule has 0 aliphatic rings. The second-order valence-electron chi connectivity index (χ2n) is 3.77. The number of halogens is 3. The third-order valence-corrected chi connectivity index (χ3v) is 2.19. The lowest BCUT2D eigenvalue weighted by atomic mass is 10.2. The van der Waals surface area contributed by atoms with Gasteiger partial charge in [0.25, 0.3) is 0 Å². The molecule has 0 saturated carbocycles. The molecule has 19 heavy (non-hydrogen) atoms. The number of pyridine rings is 1. The molecule has 106 valence electrons. The number of alkyl halides is 3. The second-order valence-corrected chi connectivity index (χ2v) is 3.77. The van der Waals surface area contributed by atoms with E-state index in [0.29, 0.717) is 5.56 Å². The molecule has 1 heterocycles. The van der Waals surface area contributed by atoms with Gasteiger partial charge in [-0.1, -0.05) is 0 Å². The number of hydrogen-bond acceptors (Lipinski definition) is 4. The lowest BCUT2D eigenvalue weighted by Gasteiger charge is -2.11. The van der Waals surface area contributed by atoms with E-state index in [-0.39, 0.29) is 18.1 Å². The van der Waals surface area contributed by atoms with Crippen LogP contribution in [0, 0.1) is 6.92 Å². The standard InChI is InChI=1S/C12H14F3NO3/c1-3-18-11(17)9-6-8(2)10(7-16-9)19-5-4-12(13,14)15/h6-7H,3-5H2,1-2H3. The van der Waals surface area contributed by atoms with Gasteiger partial charge >= 0.3 is 12.1 Å². The number of carbonyl (C=O) groups excluding carboxylic acids is 1. The molecule has 0 radical (unpaired) electrons. The smallest absolute Gasteiger partial charge is 0.392 e. The van der Waals surface area contributed by atoms with Crippen LogP contribution in [0.1, 0.15) is 29.4 Å². The summed E-state index contributed by atoms with van der Waals surface area (Å²) in [5.74, 6) is -0.357. The van der Waals surface area contributed by atoms with Gasteiger partial charge in [-0.25, -0.2) is 9.78 Å². The first-order valence-electron chi connectivity index (χ1n) is 5.67. The molecule has 0 saturated heterocycles. The van der Waals surface area contributed by atoms with Gasteiger partial charge in [0.15, 0.2) is 0 Å². The molecule has 0 unspecified atom stereocenters. The Kier molecular flexibility index (Phi) is 5.14. The average Bonchev–Trinajstić information content (AvgIpc) is 2.30. The normalized spacial score (nSPS) is 11.2. The Morgan fingerprint density at radius 2 is 2.11 bits per heavy atom. The first-order valence-corrected chi connectivity index (χ1v) is 5.67. The Bertz CT molecular complexity index is 446. The van der Waals surface area contributed by atoms with Gasteiger partial charge in [-0.05, 0) is 25.5 Å². The van der Waals surface area contributed by atoms with Crippen LogP contribution in [0.5, 0.6) is 5.75 Å². The van der Waals surface area contributed by atoms with Gasteiger partial charge < -0.3 is 9.47 Å². The molecule has 0 atom stereocenters. The van der Waals surface area contributed by atoms with Gasteiger partial charge in [-0.3, -0.25) is 0 Å². The molecular formula is C12H14F3NO3. The summed E-state index contributed by atoms with van der Waals surface area (Å²) in [6.45, 7) is 3.03. The summed E-state index contributed by atoms with van der Waals surface area (Å²) in [7, 11) is 0. The lowest BCUT2D eigenvalue weighted by molar-refractivity contribution is -0.139. The van der Waals surface area contributed by atoms with Crippen LogP contribution in [0.15, 0.2) is 12.3 Å². The molecule has 1 aromatic heterocycles. The highest BCUT2D eigenvalue weighted by molar-refractivity contribution is 5.87. The zero-order valence-electron chi connectivity index (χ0n) is 10.6. The molecule has 7 heteroatoms. The molecule has 4 nitrogen and oxygen atoms in total. The van der Waals surface area contributed by atoms with Crippen LogP contribution >= 0.6 is 0 Å². The number of aryl methyl sites for hydroxylation is 1. The summed E-state index contributed by atoms with van der Waals surface area (Å²) in [6.07, 6.45) is -4.07. The van der Waals surface area contributed by atoms with Gasteiger partial charge in [-0.15, -0.1) is 0 Å².